The minimum atomic E-state index is 0.0307. The number of rotatable bonds is 3. The molecule has 4 nitrogen and oxygen atoms in total. The van der Waals surface area contributed by atoms with E-state index in [1.807, 2.05) is 35.7 Å². The summed E-state index contributed by atoms with van der Waals surface area (Å²) in [5.41, 5.74) is 1.74. The van der Waals surface area contributed by atoms with Crippen LogP contribution in [-0.4, -0.2) is 15.1 Å². The first-order valence-electron chi connectivity index (χ1n) is 5.42. The zero-order valence-electron chi connectivity index (χ0n) is 9.41. The lowest BCUT2D eigenvalue weighted by Gasteiger charge is -2.05. The maximum Gasteiger partial charge on any atom is 0.240 e. The van der Waals surface area contributed by atoms with Crippen molar-refractivity contribution in [1.29, 1.82) is 0 Å². The monoisotopic (exact) mass is 258 g/mol. The summed E-state index contributed by atoms with van der Waals surface area (Å²) in [7, 11) is 0. The van der Waals surface area contributed by atoms with Gasteiger partial charge in [-0.3, -0.25) is 0 Å². The molecule has 0 bridgehead atoms. The van der Waals surface area contributed by atoms with Gasteiger partial charge in [0.25, 0.3) is 0 Å². The molecule has 18 heavy (non-hydrogen) atoms. The Kier molecular flexibility index (Phi) is 2.92. The zero-order valence-corrected chi connectivity index (χ0v) is 10.2. The lowest BCUT2D eigenvalue weighted by molar-refractivity contribution is 0.281. The van der Waals surface area contributed by atoms with Gasteiger partial charge in [-0.05, 0) is 29.1 Å². The van der Waals surface area contributed by atoms with Gasteiger partial charge in [0.2, 0.25) is 5.88 Å². The fraction of sp³-hybridized carbons (Fsp3) is 0.0769. The predicted molar refractivity (Wildman–Crippen MR) is 69.9 cm³/mol. The van der Waals surface area contributed by atoms with E-state index in [1.165, 1.54) is 6.33 Å². The highest BCUT2D eigenvalue weighted by atomic mass is 32.1. The third kappa shape index (κ3) is 2.05. The molecule has 0 fully saturated rings. The molecule has 0 aliphatic rings. The normalized spacial score (nSPS) is 10.7. The molecule has 0 saturated carbocycles. The van der Waals surface area contributed by atoms with Crippen molar-refractivity contribution in [3.05, 3.63) is 47.6 Å². The van der Waals surface area contributed by atoms with Gasteiger partial charge in [0.05, 0.1) is 12.1 Å². The van der Waals surface area contributed by atoms with E-state index in [1.54, 1.807) is 11.3 Å². The van der Waals surface area contributed by atoms with Crippen LogP contribution in [0.1, 0.15) is 5.56 Å². The van der Waals surface area contributed by atoms with Crippen LogP contribution in [0.4, 0.5) is 0 Å². The summed E-state index contributed by atoms with van der Waals surface area (Å²) in [6.07, 6.45) is 1.49. The molecule has 2 aromatic heterocycles. The van der Waals surface area contributed by atoms with Crippen LogP contribution in [0.5, 0.6) is 11.6 Å². The largest absolute Gasteiger partial charge is 0.437 e. The van der Waals surface area contributed by atoms with Gasteiger partial charge in [0.15, 0.2) is 0 Å². The number of nitrogens with zero attached hydrogens (tertiary/aromatic N) is 2. The summed E-state index contributed by atoms with van der Waals surface area (Å²) in [5.74, 6) is 1.26. The summed E-state index contributed by atoms with van der Waals surface area (Å²) in [5, 5.41) is 10.9. The van der Waals surface area contributed by atoms with Gasteiger partial charge in [0.1, 0.15) is 16.8 Å². The molecule has 0 aliphatic heterocycles. The lowest BCUT2D eigenvalue weighted by atomic mass is 10.2. The van der Waals surface area contributed by atoms with Crippen molar-refractivity contribution in [2.75, 3.05) is 0 Å². The maximum absolute atomic E-state index is 8.97. The molecule has 90 valence electrons. The van der Waals surface area contributed by atoms with E-state index in [0.29, 0.717) is 11.6 Å². The highest BCUT2D eigenvalue weighted by molar-refractivity contribution is 7.17. The summed E-state index contributed by atoms with van der Waals surface area (Å²) in [6, 6.07) is 9.20. The van der Waals surface area contributed by atoms with Crippen LogP contribution >= 0.6 is 11.3 Å². The van der Waals surface area contributed by atoms with E-state index < -0.39 is 0 Å². The molecule has 1 aromatic carbocycles. The van der Waals surface area contributed by atoms with E-state index in [9.17, 15) is 0 Å². The van der Waals surface area contributed by atoms with Crippen molar-refractivity contribution in [2.24, 2.45) is 0 Å². The molecule has 0 atom stereocenters. The summed E-state index contributed by atoms with van der Waals surface area (Å²) >= 11 is 1.55. The minimum absolute atomic E-state index is 0.0307. The number of hydrogen-bond donors (Lipinski definition) is 1. The third-order valence-electron chi connectivity index (χ3n) is 2.53. The minimum Gasteiger partial charge on any atom is -0.437 e. The molecule has 3 rings (SSSR count). The van der Waals surface area contributed by atoms with Crippen LogP contribution in [-0.2, 0) is 6.61 Å². The zero-order chi connectivity index (χ0) is 12.4. The van der Waals surface area contributed by atoms with Gasteiger partial charge in [-0.2, -0.15) is 0 Å². The molecular weight excluding hydrogens is 248 g/mol. The number of ether oxygens (including phenoxy) is 1. The maximum atomic E-state index is 8.97. The van der Waals surface area contributed by atoms with E-state index in [4.69, 9.17) is 9.84 Å². The predicted octanol–water partition coefficient (Wildman–Crippen LogP) is 2.98. The Hall–Kier alpha value is -1.98. The van der Waals surface area contributed by atoms with E-state index in [0.717, 1.165) is 15.8 Å². The van der Waals surface area contributed by atoms with Gasteiger partial charge in [-0.25, -0.2) is 9.97 Å². The standard InChI is InChI=1S/C13H10N2O2S/c16-7-9-1-3-10(4-2-9)17-13-12-11(5-6-18-12)14-8-15-13/h1-6,8,16H,7H2. The second-order valence-corrected chi connectivity index (χ2v) is 4.63. The Labute approximate surface area is 108 Å². The molecule has 0 amide bonds. The summed E-state index contributed by atoms with van der Waals surface area (Å²) < 4.78 is 6.66. The van der Waals surface area contributed by atoms with Crippen LogP contribution in [0.3, 0.4) is 0 Å². The second-order valence-electron chi connectivity index (χ2n) is 3.72. The Balaban J connectivity index is 1.93. The fourth-order valence-corrected chi connectivity index (χ4v) is 2.38. The Morgan fingerprint density at radius 1 is 1.11 bits per heavy atom. The molecule has 0 radical (unpaired) electrons. The first-order valence-corrected chi connectivity index (χ1v) is 6.30. The summed E-state index contributed by atoms with van der Waals surface area (Å²) in [6.45, 7) is 0.0307. The number of aliphatic hydroxyl groups is 1. The quantitative estimate of drug-likeness (QED) is 0.784. The molecule has 5 heteroatoms. The van der Waals surface area contributed by atoms with Gasteiger partial charge in [-0.15, -0.1) is 11.3 Å². The first kappa shape index (κ1) is 11.1. The molecule has 1 N–H and O–H groups in total. The summed E-state index contributed by atoms with van der Waals surface area (Å²) in [4.78, 5) is 8.30. The second kappa shape index (κ2) is 4.72. The van der Waals surface area contributed by atoms with E-state index >= 15 is 0 Å². The highest BCUT2D eigenvalue weighted by Gasteiger charge is 2.07. The van der Waals surface area contributed by atoms with Crippen LogP contribution in [0, 0.1) is 0 Å². The molecule has 0 unspecified atom stereocenters. The van der Waals surface area contributed by atoms with Crippen LogP contribution < -0.4 is 4.74 Å². The number of aliphatic hydroxyl groups excluding tert-OH is 1. The van der Waals surface area contributed by atoms with E-state index in [-0.39, 0.29) is 6.61 Å². The molecular formula is C13H10N2O2S. The highest BCUT2D eigenvalue weighted by Crippen LogP contribution is 2.30. The van der Waals surface area contributed by atoms with E-state index in [2.05, 4.69) is 9.97 Å². The Morgan fingerprint density at radius 2 is 1.94 bits per heavy atom. The van der Waals surface area contributed by atoms with Gasteiger partial charge in [0, 0.05) is 0 Å². The van der Waals surface area contributed by atoms with Crippen molar-refractivity contribution in [3.8, 4) is 11.6 Å². The average Bonchev–Trinajstić information content (AvgIpc) is 2.89. The molecule has 0 aliphatic carbocycles. The molecule has 2 heterocycles. The van der Waals surface area contributed by atoms with Crippen molar-refractivity contribution < 1.29 is 9.84 Å². The van der Waals surface area contributed by atoms with Gasteiger partial charge >= 0.3 is 0 Å². The fourth-order valence-electron chi connectivity index (χ4n) is 1.61. The smallest absolute Gasteiger partial charge is 0.240 e. The molecule has 3 aromatic rings. The Bertz CT molecular complexity index is 664. The molecule has 0 saturated heterocycles. The Morgan fingerprint density at radius 3 is 2.72 bits per heavy atom. The van der Waals surface area contributed by atoms with Crippen LogP contribution in [0.2, 0.25) is 0 Å². The van der Waals surface area contributed by atoms with Gasteiger partial charge in [-0.1, -0.05) is 12.1 Å². The number of thiophene rings is 1. The van der Waals surface area contributed by atoms with Crippen LogP contribution in [0.25, 0.3) is 10.2 Å². The lowest BCUT2D eigenvalue weighted by Crippen LogP contribution is -1.90. The number of fused-ring (bicyclic) bond motifs is 1. The molecule has 0 spiro atoms. The van der Waals surface area contributed by atoms with Crippen molar-refractivity contribution >= 4 is 21.6 Å². The van der Waals surface area contributed by atoms with Gasteiger partial charge < -0.3 is 9.84 Å². The SMILES string of the molecule is OCc1ccc(Oc2ncnc3ccsc23)cc1. The average molecular weight is 258 g/mol. The number of aromatic nitrogens is 2. The van der Waals surface area contributed by atoms with Crippen molar-refractivity contribution in [2.45, 2.75) is 6.61 Å². The van der Waals surface area contributed by atoms with Crippen LogP contribution in [0.15, 0.2) is 42.0 Å². The van der Waals surface area contributed by atoms with Crippen molar-refractivity contribution in [3.63, 3.8) is 0 Å². The number of hydrogen-bond acceptors (Lipinski definition) is 5. The van der Waals surface area contributed by atoms with Crippen molar-refractivity contribution in [1.82, 2.24) is 9.97 Å². The topological polar surface area (TPSA) is 55.2 Å². The first-order chi connectivity index (χ1) is 8.86. The third-order valence-corrected chi connectivity index (χ3v) is 3.42. The number of benzene rings is 1.